The van der Waals surface area contributed by atoms with Crippen molar-refractivity contribution >= 4 is 0 Å². The van der Waals surface area contributed by atoms with E-state index in [0.29, 0.717) is 5.41 Å². The van der Waals surface area contributed by atoms with Crippen molar-refractivity contribution in [2.45, 2.75) is 53.0 Å². The zero-order valence-electron chi connectivity index (χ0n) is 14.3. The Morgan fingerprint density at radius 2 is 1.86 bits per heavy atom. The second-order valence-electron chi connectivity index (χ2n) is 6.40. The third kappa shape index (κ3) is 6.38. The molecule has 0 aromatic heterocycles. The number of unbranched alkanes of at least 4 members (excludes halogenated alkanes) is 2. The van der Waals surface area contributed by atoms with Gasteiger partial charge >= 0.3 is 0 Å². The van der Waals surface area contributed by atoms with Crippen LogP contribution in [0.5, 0.6) is 11.5 Å². The molecule has 0 aliphatic rings. The van der Waals surface area contributed by atoms with E-state index in [0.717, 1.165) is 24.6 Å². The van der Waals surface area contributed by atoms with Crippen LogP contribution in [0.3, 0.4) is 0 Å². The van der Waals surface area contributed by atoms with Crippen LogP contribution in [0.15, 0.2) is 18.2 Å². The van der Waals surface area contributed by atoms with Gasteiger partial charge in [0, 0.05) is 24.7 Å². The largest absolute Gasteiger partial charge is 0.497 e. The molecule has 1 N–H and O–H groups in total. The lowest BCUT2D eigenvalue weighted by Crippen LogP contribution is -2.29. The molecule has 0 fully saturated rings. The van der Waals surface area contributed by atoms with Gasteiger partial charge in [-0.05, 0) is 17.9 Å². The Bertz CT molecular complexity index is 416. The first-order chi connectivity index (χ1) is 10.0. The van der Waals surface area contributed by atoms with Crippen LogP contribution in [0, 0.1) is 5.41 Å². The van der Waals surface area contributed by atoms with E-state index in [4.69, 9.17) is 9.47 Å². The van der Waals surface area contributed by atoms with E-state index in [9.17, 15) is 0 Å². The monoisotopic (exact) mass is 293 g/mol. The third-order valence-electron chi connectivity index (χ3n) is 3.87. The lowest BCUT2D eigenvalue weighted by atomic mass is 9.87. The highest BCUT2D eigenvalue weighted by molar-refractivity contribution is 5.40. The molecule has 0 heterocycles. The average molecular weight is 293 g/mol. The maximum absolute atomic E-state index is 5.43. The molecule has 3 nitrogen and oxygen atoms in total. The number of benzene rings is 1. The van der Waals surface area contributed by atoms with Gasteiger partial charge in [-0.15, -0.1) is 0 Å². The van der Waals surface area contributed by atoms with Crippen molar-refractivity contribution in [3.63, 3.8) is 0 Å². The normalized spacial score (nSPS) is 11.5. The van der Waals surface area contributed by atoms with Crippen LogP contribution in [0.4, 0.5) is 0 Å². The number of ether oxygens (including phenoxy) is 2. The number of hydrogen-bond acceptors (Lipinski definition) is 3. The summed E-state index contributed by atoms with van der Waals surface area (Å²) in [6.45, 7) is 8.76. The van der Waals surface area contributed by atoms with E-state index in [2.05, 4.69) is 32.2 Å². The molecule has 0 aliphatic heterocycles. The van der Waals surface area contributed by atoms with Gasteiger partial charge in [-0.3, -0.25) is 0 Å². The van der Waals surface area contributed by atoms with Gasteiger partial charge in [0.25, 0.3) is 0 Å². The highest BCUT2D eigenvalue weighted by atomic mass is 16.5. The molecule has 0 bridgehead atoms. The zero-order valence-corrected chi connectivity index (χ0v) is 14.3. The molecular formula is C18H31NO2. The number of hydrogen-bond donors (Lipinski definition) is 1. The van der Waals surface area contributed by atoms with Crippen molar-refractivity contribution in [2.24, 2.45) is 5.41 Å². The van der Waals surface area contributed by atoms with Crippen LogP contribution >= 0.6 is 0 Å². The summed E-state index contributed by atoms with van der Waals surface area (Å²) < 4.78 is 10.7. The second-order valence-corrected chi connectivity index (χ2v) is 6.40. The minimum absolute atomic E-state index is 0.342. The molecule has 21 heavy (non-hydrogen) atoms. The number of nitrogens with one attached hydrogen (secondary N) is 1. The van der Waals surface area contributed by atoms with Gasteiger partial charge < -0.3 is 14.8 Å². The topological polar surface area (TPSA) is 30.5 Å². The Balaban J connectivity index is 2.48. The molecule has 1 rings (SSSR count). The Labute approximate surface area is 130 Å². The van der Waals surface area contributed by atoms with E-state index < -0.39 is 0 Å². The third-order valence-corrected chi connectivity index (χ3v) is 3.87. The summed E-state index contributed by atoms with van der Waals surface area (Å²) in [5.41, 5.74) is 1.51. The lowest BCUT2D eigenvalue weighted by Gasteiger charge is -2.25. The summed E-state index contributed by atoms with van der Waals surface area (Å²) >= 11 is 0. The van der Waals surface area contributed by atoms with Crippen LogP contribution in [0.2, 0.25) is 0 Å². The summed E-state index contributed by atoms with van der Waals surface area (Å²) in [5.74, 6) is 1.71. The van der Waals surface area contributed by atoms with Crippen LogP contribution in [0.1, 0.15) is 52.0 Å². The molecule has 0 unspecified atom stereocenters. The summed E-state index contributed by atoms with van der Waals surface area (Å²) in [6.07, 6.45) is 5.20. The van der Waals surface area contributed by atoms with Crippen molar-refractivity contribution < 1.29 is 9.47 Å². The number of rotatable bonds is 10. The molecule has 1 aromatic rings. The summed E-state index contributed by atoms with van der Waals surface area (Å²) in [5, 5.41) is 3.56. The second kappa shape index (κ2) is 8.93. The number of methoxy groups -OCH3 is 2. The van der Waals surface area contributed by atoms with E-state index in [1.54, 1.807) is 14.2 Å². The van der Waals surface area contributed by atoms with Crippen molar-refractivity contribution in [2.75, 3.05) is 20.8 Å². The summed E-state index contributed by atoms with van der Waals surface area (Å²) in [4.78, 5) is 0. The van der Waals surface area contributed by atoms with Crippen LogP contribution in [-0.2, 0) is 6.54 Å². The fourth-order valence-electron chi connectivity index (χ4n) is 2.48. The lowest BCUT2D eigenvalue weighted by molar-refractivity contribution is 0.300. The van der Waals surface area contributed by atoms with Gasteiger partial charge in [-0.1, -0.05) is 46.1 Å². The molecule has 0 amide bonds. The highest BCUT2D eigenvalue weighted by Gasteiger charge is 2.17. The first-order valence-corrected chi connectivity index (χ1v) is 7.94. The fraction of sp³-hybridized carbons (Fsp3) is 0.667. The van der Waals surface area contributed by atoms with E-state index >= 15 is 0 Å². The van der Waals surface area contributed by atoms with Crippen LogP contribution in [0.25, 0.3) is 0 Å². The average Bonchev–Trinajstić information content (AvgIpc) is 2.47. The molecular weight excluding hydrogens is 262 g/mol. The molecule has 0 spiro atoms. The minimum atomic E-state index is 0.342. The van der Waals surface area contributed by atoms with Gasteiger partial charge in [0.1, 0.15) is 11.5 Å². The predicted molar refractivity (Wildman–Crippen MR) is 89.2 cm³/mol. The standard InChI is InChI=1S/C18H31NO2/c1-6-7-8-11-18(2,3)14-19-13-15-9-10-16(20-4)12-17(15)21-5/h9-10,12,19H,6-8,11,13-14H2,1-5H3. The highest BCUT2D eigenvalue weighted by Crippen LogP contribution is 2.26. The smallest absolute Gasteiger partial charge is 0.127 e. The quantitative estimate of drug-likeness (QED) is 0.649. The molecule has 120 valence electrons. The van der Waals surface area contributed by atoms with Crippen molar-refractivity contribution in [1.29, 1.82) is 0 Å². The SMILES string of the molecule is CCCCCC(C)(C)CNCc1ccc(OC)cc1OC. The first kappa shape index (κ1) is 17.8. The van der Waals surface area contributed by atoms with Crippen LogP contribution in [-0.4, -0.2) is 20.8 Å². The molecule has 0 radical (unpaired) electrons. The van der Waals surface area contributed by atoms with E-state index in [1.165, 1.54) is 31.2 Å². The van der Waals surface area contributed by atoms with Crippen molar-refractivity contribution in [3.8, 4) is 11.5 Å². The van der Waals surface area contributed by atoms with Gasteiger partial charge in [0.15, 0.2) is 0 Å². The molecule has 0 saturated heterocycles. The Morgan fingerprint density at radius 1 is 1.10 bits per heavy atom. The maximum Gasteiger partial charge on any atom is 0.127 e. The van der Waals surface area contributed by atoms with Gasteiger partial charge in [-0.2, -0.15) is 0 Å². The fourth-order valence-corrected chi connectivity index (χ4v) is 2.48. The molecule has 1 aromatic carbocycles. The van der Waals surface area contributed by atoms with Crippen LogP contribution < -0.4 is 14.8 Å². The Morgan fingerprint density at radius 3 is 2.48 bits per heavy atom. The molecule has 0 aliphatic carbocycles. The minimum Gasteiger partial charge on any atom is -0.497 e. The molecule has 0 atom stereocenters. The van der Waals surface area contributed by atoms with E-state index in [1.807, 2.05) is 12.1 Å². The zero-order chi connectivity index (χ0) is 15.7. The van der Waals surface area contributed by atoms with Gasteiger partial charge in [0.2, 0.25) is 0 Å². The summed E-state index contributed by atoms with van der Waals surface area (Å²) in [6, 6.07) is 5.98. The van der Waals surface area contributed by atoms with Crippen molar-refractivity contribution in [1.82, 2.24) is 5.32 Å². The van der Waals surface area contributed by atoms with Crippen molar-refractivity contribution in [3.05, 3.63) is 23.8 Å². The van der Waals surface area contributed by atoms with E-state index in [-0.39, 0.29) is 0 Å². The Kier molecular flexibility index (Phi) is 7.58. The molecule has 3 heteroatoms. The predicted octanol–water partition coefficient (Wildman–Crippen LogP) is 4.40. The molecule has 0 saturated carbocycles. The Hall–Kier alpha value is -1.22. The maximum atomic E-state index is 5.43. The van der Waals surface area contributed by atoms with Gasteiger partial charge in [0.05, 0.1) is 14.2 Å². The van der Waals surface area contributed by atoms with Gasteiger partial charge in [-0.25, -0.2) is 0 Å². The summed E-state index contributed by atoms with van der Waals surface area (Å²) in [7, 11) is 3.37. The first-order valence-electron chi connectivity index (χ1n) is 7.94.